The molecule has 1 aliphatic heterocycles. The molecule has 0 amide bonds. The number of aliphatic hydroxyl groups is 3. The van der Waals surface area contributed by atoms with Gasteiger partial charge in [0.1, 0.15) is 6.73 Å². The Kier molecular flexibility index (Phi) is 13.2. The Morgan fingerprint density at radius 2 is 1.26 bits per heavy atom. The molecule has 1 rings (SSSR count). The zero-order valence-corrected chi connectivity index (χ0v) is 17.6. The zero-order valence-electron chi connectivity index (χ0n) is 17.6. The van der Waals surface area contributed by atoms with Crippen molar-refractivity contribution in [1.82, 2.24) is 19.6 Å². The number of carbonyl (C=O) groups is 3. The summed E-state index contributed by atoms with van der Waals surface area (Å²) in [5, 5.41) is 47.5. The molecule has 0 aromatic rings. The van der Waals surface area contributed by atoms with Crippen LogP contribution in [0.4, 0.5) is 0 Å². The molecular weight excluding hydrogens is 416 g/mol. The van der Waals surface area contributed by atoms with Crippen molar-refractivity contribution in [3.05, 3.63) is 0 Å². The highest BCUT2D eigenvalue weighted by molar-refractivity contribution is 5.69. The van der Waals surface area contributed by atoms with E-state index in [-0.39, 0.29) is 19.8 Å². The average Bonchev–Trinajstić information content (AvgIpc) is 2.72. The summed E-state index contributed by atoms with van der Waals surface area (Å²) in [7, 11) is 0. The SMILES string of the molecule is O=COCN1CCN(CC(=O)O)CCN(CC(=O)O)CCN([C@@H](CO)C(O)CO)CC1. The number of carbonyl (C=O) groups excluding carboxylic acids is 1. The number of aliphatic carboxylic acids is 2. The largest absolute Gasteiger partial charge is 0.480 e. The van der Waals surface area contributed by atoms with Crippen molar-refractivity contribution in [2.24, 2.45) is 0 Å². The molecule has 0 bridgehead atoms. The Morgan fingerprint density at radius 1 is 0.806 bits per heavy atom. The first-order valence-electron chi connectivity index (χ1n) is 10.1. The molecule has 31 heavy (non-hydrogen) atoms. The van der Waals surface area contributed by atoms with Crippen LogP contribution in [-0.2, 0) is 19.1 Å². The molecule has 1 unspecified atom stereocenters. The number of aliphatic hydroxyl groups excluding tert-OH is 3. The van der Waals surface area contributed by atoms with Crippen LogP contribution in [-0.4, -0.2) is 161 Å². The summed E-state index contributed by atoms with van der Waals surface area (Å²) >= 11 is 0. The van der Waals surface area contributed by atoms with Gasteiger partial charge < -0.3 is 30.3 Å². The molecule has 0 aromatic carbocycles. The van der Waals surface area contributed by atoms with Gasteiger partial charge in [0.25, 0.3) is 6.47 Å². The highest BCUT2D eigenvalue weighted by Gasteiger charge is 2.27. The van der Waals surface area contributed by atoms with Gasteiger partial charge in [-0.2, -0.15) is 0 Å². The fourth-order valence-electron chi connectivity index (χ4n) is 3.45. The molecule has 0 radical (unpaired) electrons. The summed E-state index contributed by atoms with van der Waals surface area (Å²) in [6.07, 6.45) is -1.18. The number of hydrogen-bond acceptors (Lipinski definition) is 11. The molecule has 1 heterocycles. The Balaban J connectivity index is 3.02. The van der Waals surface area contributed by atoms with Gasteiger partial charge in [0.05, 0.1) is 38.4 Å². The highest BCUT2D eigenvalue weighted by atomic mass is 16.5. The highest BCUT2D eigenvalue weighted by Crippen LogP contribution is 2.08. The van der Waals surface area contributed by atoms with E-state index in [4.69, 9.17) is 9.84 Å². The van der Waals surface area contributed by atoms with Crippen LogP contribution < -0.4 is 0 Å². The van der Waals surface area contributed by atoms with Crippen LogP contribution in [0.3, 0.4) is 0 Å². The Labute approximate surface area is 181 Å². The third kappa shape index (κ3) is 10.8. The minimum atomic E-state index is -1.18. The van der Waals surface area contributed by atoms with E-state index in [9.17, 15) is 34.8 Å². The van der Waals surface area contributed by atoms with Crippen molar-refractivity contribution in [2.75, 3.05) is 85.4 Å². The average molecular weight is 450 g/mol. The molecule has 0 aliphatic carbocycles. The number of hydrogen-bond donors (Lipinski definition) is 5. The van der Waals surface area contributed by atoms with Crippen LogP contribution >= 0.6 is 0 Å². The van der Waals surface area contributed by atoms with Crippen molar-refractivity contribution in [2.45, 2.75) is 12.1 Å². The lowest BCUT2D eigenvalue weighted by molar-refractivity contribution is -0.140. The summed E-state index contributed by atoms with van der Waals surface area (Å²) < 4.78 is 4.84. The topological polar surface area (TPSA) is 175 Å². The smallest absolute Gasteiger partial charge is 0.317 e. The molecule has 0 spiro atoms. The number of carboxylic acid groups (broad SMARTS) is 2. The maximum atomic E-state index is 11.2. The van der Waals surface area contributed by atoms with E-state index in [1.165, 1.54) is 0 Å². The maximum Gasteiger partial charge on any atom is 0.317 e. The first-order valence-corrected chi connectivity index (χ1v) is 10.1. The molecule has 0 aromatic heterocycles. The van der Waals surface area contributed by atoms with Gasteiger partial charge in [-0.1, -0.05) is 0 Å². The van der Waals surface area contributed by atoms with Gasteiger partial charge in [-0.05, 0) is 0 Å². The van der Waals surface area contributed by atoms with Gasteiger partial charge in [0.15, 0.2) is 0 Å². The second-order valence-electron chi connectivity index (χ2n) is 7.39. The summed E-state index contributed by atoms with van der Waals surface area (Å²) in [4.78, 5) is 40.0. The van der Waals surface area contributed by atoms with Crippen LogP contribution in [0, 0.1) is 0 Å². The summed E-state index contributed by atoms with van der Waals surface area (Å²) in [6, 6.07) is -0.753. The predicted molar refractivity (Wildman–Crippen MR) is 107 cm³/mol. The van der Waals surface area contributed by atoms with Crippen LogP contribution in [0.5, 0.6) is 0 Å². The molecule has 13 heteroatoms. The fourth-order valence-corrected chi connectivity index (χ4v) is 3.45. The standard InChI is InChI=1S/C18H34N4O9/c23-11-15(16(26)12-24)22-7-5-20(10-18(29)30)2-1-19(9-17(27)28)3-4-21(6-8-22)13-31-14-25/h14-16,23-24,26H,1-13H2,(H,27,28)(H,29,30)/t15-,16?/m0/s1. The molecule has 1 aliphatic rings. The lowest BCUT2D eigenvalue weighted by Gasteiger charge is -2.37. The van der Waals surface area contributed by atoms with E-state index in [2.05, 4.69) is 0 Å². The van der Waals surface area contributed by atoms with E-state index in [0.717, 1.165) is 0 Å². The second kappa shape index (κ2) is 15.0. The molecule has 1 fully saturated rings. The van der Waals surface area contributed by atoms with Gasteiger partial charge >= 0.3 is 11.9 Å². The molecule has 2 atom stereocenters. The Hall–Kier alpha value is -1.87. The van der Waals surface area contributed by atoms with E-state index in [1.54, 1.807) is 19.6 Å². The van der Waals surface area contributed by atoms with E-state index in [0.29, 0.717) is 58.8 Å². The molecule has 13 nitrogen and oxygen atoms in total. The van der Waals surface area contributed by atoms with Crippen LogP contribution in [0.1, 0.15) is 0 Å². The monoisotopic (exact) mass is 450 g/mol. The summed E-state index contributed by atoms with van der Waals surface area (Å²) in [5.41, 5.74) is 0. The van der Waals surface area contributed by atoms with Crippen LogP contribution in [0.2, 0.25) is 0 Å². The summed E-state index contributed by atoms with van der Waals surface area (Å²) in [5.74, 6) is -2.02. The molecule has 1 saturated heterocycles. The van der Waals surface area contributed by atoms with Crippen molar-refractivity contribution in [3.8, 4) is 0 Å². The third-order valence-electron chi connectivity index (χ3n) is 5.20. The first-order chi connectivity index (χ1) is 14.8. The minimum Gasteiger partial charge on any atom is -0.480 e. The van der Waals surface area contributed by atoms with E-state index in [1.807, 2.05) is 0 Å². The van der Waals surface area contributed by atoms with Gasteiger partial charge in [-0.15, -0.1) is 0 Å². The normalized spacial score (nSPS) is 20.9. The van der Waals surface area contributed by atoms with Crippen molar-refractivity contribution in [3.63, 3.8) is 0 Å². The maximum absolute atomic E-state index is 11.2. The first kappa shape index (κ1) is 27.2. The third-order valence-corrected chi connectivity index (χ3v) is 5.20. The number of carboxylic acids is 2. The molecule has 180 valence electrons. The Bertz CT molecular complexity index is 554. The second-order valence-corrected chi connectivity index (χ2v) is 7.39. The quantitative estimate of drug-likeness (QED) is 0.194. The Morgan fingerprint density at radius 3 is 1.68 bits per heavy atom. The van der Waals surface area contributed by atoms with Gasteiger partial charge in [0.2, 0.25) is 0 Å². The van der Waals surface area contributed by atoms with Gasteiger partial charge in [-0.3, -0.25) is 34.0 Å². The number of rotatable bonds is 11. The molecule has 0 saturated carbocycles. The van der Waals surface area contributed by atoms with Gasteiger partial charge in [-0.25, -0.2) is 0 Å². The fraction of sp³-hybridized carbons (Fsp3) is 0.833. The molecular formula is C18H34N4O9. The minimum absolute atomic E-state index is 0.00423. The predicted octanol–water partition coefficient (Wildman–Crippen LogP) is -3.78. The van der Waals surface area contributed by atoms with Crippen molar-refractivity contribution < 1.29 is 44.7 Å². The number of ether oxygens (including phenoxy) is 1. The van der Waals surface area contributed by atoms with Gasteiger partial charge in [0, 0.05) is 52.4 Å². The summed E-state index contributed by atoms with van der Waals surface area (Å²) in [6.45, 7) is 1.63. The zero-order chi connectivity index (χ0) is 23.2. The van der Waals surface area contributed by atoms with E-state index >= 15 is 0 Å². The van der Waals surface area contributed by atoms with Crippen LogP contribution in [0.25, 0.3) is 0 Å². The number of nitrogens with zero attached hydrogens (tertiary/aromatic N) is 4. The van der Waals surface area contributed by atoms with Crippen LogP contribution in [0.15, 0.2) is 0 Å². The molecule has 5 N–H and O–H groups in total. The van der Waals surface area contributed by atoms with Crippen molar-refractivity contribution >= 4 is 18.4 Å². The lowest BCUT2D eigenvalue weighted by atomic mass is 10.1. The van der Waals surface area contributed by atoms with E-state index < -0.39 is 37.3 Å². The van der Waals surface area contributed by atoms with Crippen molar-refractivity contribution in [1.29, 1.82) is 0 Å². The lowest BCUT2D eigenvalue weighted by Crippen LogP contribution is -2.54.